The van der Waals surface area contributed by atoms with Crippen molar-refractivity contribution in [3.8, 4) is 0 Å². The number of hydrogen-bond acceptors (Lipinski definition) is 2. The Morgan fingerprint density at radius 2 is 2.29 bits per heavy atom. The fourth-order valence-electron chi connectivity index (χ4n) is 1.17. The van der Waals surface area contributed by atoms with Crippen LogP contribution in [0.2, 0.25) is 0 Å². The van der Waals surface area contributed by atoms with Crippen LogP contribution in [0, 0.1) is 0 Å². The lowest BCUT2D eigenvalue weighted by Gasteiger charge is -2.34. The van der Waals surface area contributed by atoms with Crippen LogP contribution in [-0.2, 0) is 0 Å². The van der Waals surface area contributed by atoms with Crippen LogP contribution in [0.4, 0.5) is 0 Å². The van der Waals surface area contributed by atoms with Crippen LogP contribution in [0.15, 0.2) is 23.3 Å². The van der Waals surface area contributed by atoms with E-state index < -0.39 is 10.4 Å². The Hall–Kier alpha value is 0.1000. The zero-order valence-electron chi connectivity index (χ0n) is 7.87. The van der Waals surface area contributed by atoms with Crippen molar-refractivity contribution in [2.45, 2.75) is 10.4 Å². The molecule has 0 saturated carbocycles. The molecule has 0 aliphatic heterocycles. The predicted octanol–water partition coefficient (Wildman–Crippen LogP) is 2.06. The van der Waals surface area contributed by atoms with Gasteiger partial charge in [-0.3, -0.25) is 0 Å². The first kappa shape index (κ1) is 12.2. The molecular weight excluding hydrogens is 286 g/mol. The maximum Gasteiger partial charge on any atom is 0.124 e. The number of halogens is 2. The minimum atomic E-state index is -0.741. The molecule has 1 aliphatic carbocycles. The molecule has 14 heavy (non-hydrogen) atoms. The molecular formula is C9H11BrClNOS. The van der Waals surface area contributed by atoms with Crippen LogP contribution in [-0.4, -0.2) is 39.5 Å². The Morgan fingerprint density at radius 3 is 2.71 bits per heavy atom. The summed E-state index contributed by atoms with van der Waals surface area (Å²) in [7, 11) is 3.68. The maximum atomic E-state index is 9.84. The number of hydrogen-bond donors (Lipinski definition) is 1. The predicted molar refractivity (Wildman–Crippen MR) is 67.0 cm³/mol. The van der Waals surface area contributed by atoms with Gasteiger partial charge in [0, 0.05) is 19.1 Å². The number of thiocarbonyl (C=S) groups is 1. The summed E-state index contributed by atoms with van der Waals surface area (Å²) in [5, 5.41) is 10.4. The Kier molecular flexibility index (Phi) is 3.75. The number of alkyl halides is 1. The van der Waals surface area contributed by atoms with Crippen molar-refractivity contribution in [2.75, 3.05) is 14.1 Å². The molecule has 0 radical (unpaired) electrons. The van der Waals surface area contributed by atoms with Crippen molar-refractivity contribution in [2.24, 2.45) is 0 Å². The highest BCUT2D eigenvalue weighted by molar-refractivity contribution is 9.10. The molecule has 1 N–H and O–H groups in total. The van der Waals surface area contributed by atoms with Gasteiger partial charge in [-0.2, -0.15) is 0 Å². The van der Waals surface area contributed by atoms with Crippen LogP contribution >= 0.6 is 39.7 Å². The van der Waals surface area contributed by atoms with Crippen molar-refractivity contribution in [1.82, 2.24) is 4.90 Å². The van der Waals surface area contributed by atoms with Gasteiger partial charge in [-0.25, -0.2) is 0 Å². The summed E-state index contributed by atoms with van der Waals surface area (Å²) in [6.07, 6.45) is 4.31. The molecule has 78 valence electrons. The van der Waals surface area contributed by atoms with E-state index in [1.807, 2.05) is 14.1 Å². The van der Waals surface area contributed by atoms with Gasteiger partial charge >= 0.3 is 0 Å². The van der Waals surface area contributed by atoms with E-state index in [0.29, 0.717) is 10.0 Å². The summed E-state index contributed by atoms with van der Waals surface area (Å²) in [5.74, 6) is 0. The van der Waals surface area contributed by atoms with Crippen LogP contribution in [0.25, 0.3) is 0 Å². The summed E-state index contributed by atoms with van der Waals surface area (Å²) in [6, 6.07) is 0. The van der Waals surface area contributed by atoms with Crippen LogP contribution < -0.4 is 0 Å². The molecule has 0 spiro atoms. The van der Waals surface area contributed by atoms with Gasteiger partial charge in [0.2, 0.25) is 0 Å². The second kappa shape index (κ2) is 4.31. The molecule has 0 fully saturated rings. The number of nitrogens with zero attached hydrogens (tertiary/aromatic N) is 1. The summed E-state index contributed by atoms with van der Waals surface area (Å²) in [6.45, 7) is 0. The van der Waals surface area contributed by atoms with Gasteiger partial charge in [0.1, 0.15) is 9.31 Å². The van der Waals surface area contributed by atoms with Crippen LogP contribution in [0.5, 0.6) is 0 Å². The highest BCUT2D eigenvalue weighted by atomic mass is 79.9. The van der Waals surface area contributed by atoms with Gasteiger partial charge in [-0.1, -0.05) is 45.8 Å². The first-order valence-electron chi connectivity index (χ1n) is 4.03. The first-order chi connectivity index (χ1) is 6.38. The molecule has 2 nitrogen and oxygen atoms in total. The quantitative estimate of drug-likeness (QED) is 0.592. The monoisotopic (exact) mass is 295 g/mol. The van der Waals surface area contributed by atoms with Crippen molar-refractivity contribution < 1.29 is 5.11 Å². The third kappa shape index (κ3) is 2.19. The minimum absolute atomic E-state index is 0.522. The van der Waals surface area contributed by atoms with E-state index in [0.717, 1.165) is 0 Å². The summed E-state index contributed by atoms with van der Waals surface area (Å²) < 4.78 is -0.718. The zero-order valence-corrected chi connectivity index (χ0v) is 11.0. The molecule has 0 amide bonds. The molecule has 1 rings (SSSR count). The fraction of sp³-hybridized carbons (Fsp3) is 0.444. The van der Waals surface area contributed by atoms with Crippen LogP contribution in [0.3, 0.4) is 0 Å². The smallest absolute Gasteiger partial charge is 0.124 e. The number of allylic oxidation sites excluding steroid dienone is 2. The average molecular weight is 297 g/mol. The summed E-state index contributed by atoms with van der Waals surface area (Å²) >= 11 is 14.4. The van der Waals surface area contributed by atoms with E-state index in [1.165, 1.54) is 0 Å². The highest BCUT2D eigenvalue weighted by Gasteiger charge is 2.39. The van der Waals surface area contributed by atoms with E-state index in [9.17, 15) is 5.11 Å². The van der Waals surface area contributed by atoms with Crippen molar-refractivity contribution >= 4 is 44.7 Å². The number of aliphatic hydroxyl groups is 1. The van der Waals surface area contributed by atoms with E-state index in [4.69, 9.17) is 23.8 Å². The average Bonchev–Trinajstić information content (AvgIpc) is 2.10. The number of aliphatic hydroxyl groups excluding tert-OH is 1. The maximum absolute atomic E-state index is 9.84. The molecule has 0 bridgehead atoms. The van der Waals surface area contributed by atoms with Gasteiger partial charge in [-0.05, 0) is 12.2 Å². The Bertz CT molecular complexity index is 316. The number of rotatable bonds is 1. The molecule has 0 aromatic heterocycles. The van der Waals surface area contributed by atoms with E-state index in [2.05, 4.69) is 15.9 Å². The summed E-state index contributed by atoms with van der Waals surface area (Å²) in [4.78, 5) is 2.40. The molecule has 2 atom stereocenters. The minimum Gasteiger partial charge on any atom is -0.387 e. The lowest BCUT2D eigenvalue weighted by Crippen LogP contribution is -2.47. The van der Waals surface area contributed by atoms with Crippen molar-refractivity contribution in [3.05, 3.63) is 23.3 Å². The third-order valence-electron chi connectivity index (χ3n) is 1.97. The highest BCUT2D eigenvalue weighted by Crippen LogP contribution is 2.33. The Balaban J connectivity index is 2.98. The lowest BCUT2D eigenvalue weighted by molar-refractivity contribution is 0.213. The molecule has 0 aromatic rings. The second-order valence-electron chi connectivity index (χ2n) is 3.30. The van der Waals surface area contributed by atoms with E-state index in [1.54, 1.807) is 23.1 Å². The van der Waals surface area contributed by atoms with Crippen LogP contribution in [0.1, 0.15) is 0 Å². The SMILES string of the molecule is CN(C)C(=S)C1(Br)C=CC(Cl)=CC1O. The molecule has 1 aliphatic rings. The normalized spacial score (nSPS) is 31.2. The second-order valence-corrected chi connectivity index (χ2v) is 5.43. The van der Waals surface area contributed by atoms with E-state index in [-0.39, 0.29) is 0 Å². The van der Waals surface area contributed by atoms with E-state index >= 15 is 0 Å². The lowest BCUT2D eigenvalue weighted by atomic mass is 9.96. The van der Waals surface area contributed by atoms with Gasteiger partial charge in [0.15, 0.2) is 0 Å². The topological polar surface area (TPSA) is 23.5 Å². The molecule has 5 heteroatoms. The fourth-order valence-corrected chi connectivity index (χ4v) is 2.16. The molecule has 0 aromatic carbocycles. The Labute approximate surface area is 102 Å². The van der Waals surface area contributed by atoms with Gasteiger partial charge in [0.05, 0.1) is 6.10 Å². The van der Waals surface area contributed by atoms with Gasteiger partial charge in [-0.15, -0.1) is 0 Å². The largest absolute Gasteiger partial charge is 0.387 e. The molecule has 0 heterocycles. The summed E-state index contributed by atoms with van der Waals surface area (Å²) in [5.41, 5.74) is 0. The Morgan fingerprint density at radius 1 is 1.71 bits per heavy atom. The first-order valence-corrected chi connectivity index (χ1v) is 5.61. The van der Waals surface area contributed by atoms with Gasteiger partial charge < -0.3 is 10.0 Å². The zero-order chi connectivity index (χ0) is 10.9. The third-order valence-corrected chi connectivity index (χ3v) is 4.29. The molecule has 0 saturated heterocycles. The van der Waals surface area contributed by atoms with Gasteiger partial charge in [0.25, 0.3) is 0 Å². The molecule has 2 unspecified atom stereocenters. The van der Waals surface area contributed by atoms with Crippen molar-refractivity contribution in [1.29, 1.82) is 0 Å². The standard InChI is InChI=1S/C9H11BrClNOS/c1-12(2)8(14)9(10)4-3-6(11)5-7(9)13/h3-5,7,13H,1-2H3. The van der Waals surface area contributed by atoms with Crippen molar-refractivity contribution in [3.63, 3.8) is 0 Å².